The quantitative estimate of drug-likeness (QED) is 0.489. The summed E-state index contributed by atoms with van der Waals surface area (Å²) in [6.45, 7) is 0. The van der Waals surface area contributed by atoms with E-state index in [2.05, 4.69) is 15.9 Å². The summed E-state index contributed by atoms with van der Waals surface area (Å²) < 4.78 is 14.8. The van der Waals surface area contributed by atoms with E-state index in [1.54, 1.807) is 0 Å². The van der Waals surface area contributed by atoms with Crippen molar-refractivity contribution in [2.75, 3.05) is 0 Å². The lowest BCUT2D eigenvalue weighted by Gasteiger charge is -2.03. The first kappa shape index (κ1) is 9.40. The van der Waals surface area contributed by atoms with E-state index in [4.69, 9.17) is 0 Å². The van der Waals surface area contributed by atoms with E-state index in [0.29, 0.717) is 3.57 Å². The smallest absolute Gasteiger partial charge is 0.138 e. The van der Waals surface area contributed by atoms with Crippen LogP contribution in [0.3, 0.4) is 0 Å². The second kappa shape index (κ2) is 3.53. The molecule has 0 unspecified atom stereocenters. The van der Waals surface area contributed by atoms with Crippen LogP contribution in [0.5, 0.6) is 0 Å². The molecule has 0 saturated heterocycles. The van der Waals surface area contributed by atoms with Gasteiger partial charge in [-0.3, -0.25) is 0 Å². The van der Waals surface area contributed by atoms with E-state index in [9.17, 15) is 4.39 Å². The molecule has 0 heterocycles. The highest BCUT2D eigenvalue weighted by Crippen LogP contribution is 2.29. The molecule has 0 nitrogen and oxygen atoms in total. The van der Waals surface area contributed by atoms with Crippen LogP contribution in [0.15, 0.2) is 34.8 Å². The van der Waals surface area contributed by atoms with Crippen LogP contribution in [0.25, 0.3) is 10.8 Å². The maximum atomic E-state index is 13.3. The van der Waals surface area contributed by atoms with Gasteiger partial charge < -0.3 is 0 Å². The number of fused-ring (bicyclic) bond motifs is 1. The normalized spacial score (nSPS) is 10.7. The van der Waals surface area contributed by atoms with Crippen LogP contribution < -0.4 is 0 Å². The summed E-state index contributed by atoms with van der Waals surface area (Å²) in [7, 11) is 0. The summed E-state index contributed by atoms with van der Waals surface area (Å²) in [5.41, 5.74) is 0. The Kier molecular flexibility index (Phi) is 2.55. The number of hydrogen-bond donors (Lipinski definition) is 0. The fraction of sp³-hybridized carbons (Fsp3) is 0. The third-order valence-corrected chi connectivity index (χ3v) is 3.64. The molecule has 0 aliphatic heterocycles. The van der Waals surface area contributed by atoms with Gasteiger partial charge in [0, 0.05) is 4.47 Å². The molecule has 2 aromatic rings. The van der Waals surface area contributed by atoms with Crippen LogP contribution in [0.2, 0.25) is 0 Å². The fourth-order valence-electron chi connectivity index (χ4n) is 1.26. The molecule has 0 amide bonds. The lowest BCUT2D eigenvalue weighted by atomic mass is 10.1. The fourth-order valence-corrected chi connectivity index (χ4v) is 2.44. The van der Waals surface area contributed by atoms with Crippen LogP contribution in [0.4, 0.5) is 4.39 Å². The minimum atomic E-state index is -0.175. The molecule has 0 bridgehead atoms. The predicted octanol–water partition coefficient (Wildman–Crippen LogP) is 4.35. The van der Waals surface area contributed by atoms with Crippen molar-refractivity contribution >= 4 is 49.3 Å². The Balaban J connectivity index is 2.97. The summed E-state index contributed by atoms with van der Waals surface area (Å²) in [6.07, 6.45) is 0. The second-order valence-electron chi connectivity index (χ2n) is 2.70. The molecular formula is C10H5BrFI. The van der Waals surface area contributed by atoms with Gasteiger partial charge in [-0.1, -0.05) is 40.2 Å². The molecule has 3 heteroatoms. The van der Waals surface area contributed by atoms with Crippen LogP contribution in [0, 0.1) is 9.39 Å². The van der Waals surface area contributed by atoms with E-state index < -0.39 is 0 Å². The summed E-state index contributed by atoms with van der Waals surface area (Å²) in [5.74, 6) is -0.175. The molecule has 0 radical (unpaired) electrons. The van der Waals surface area contributed by atoms with E-state index in [-0.39, 0.29) is 5.82 Å². The van der Waals surface area contributed by atoms with Gasteiger partial charge in [0.05, 0.1) is 3.57 Å². The molecular weight excluding hydrogens is 346 g/mol. The second-order valence-corrected chi connectivity index (χ2v) is 4.63. The Morgan fingerprint density at radius 1 is 1.15 bits per heavy atom. The van der Waals surface area contributed by atoms with Gasteiger partial charge in [-0.2, -0.15) is 0 Å². The highest BCUT2D eigenvalue weighted by atomic mass is 127. The first-order valence-corrected chi connectivity index (χ1v) is 5.59. The van der Waals surface area contributed by atoms with Crippen molar-refractivity contribution in [1.82, 2.24) is 0 Å². The average Bonchev–Trinajstić information content (AvgIpc) is 2.15. The number of rotatable bonds is 0. The Labute approximate surface area is 97.4 Å². The van der Waals surface area contributed by atoms with Gasteiger partial charge in [-0.05, 0) is 39.4 Å². The van der Waals surface area contributed by atoms with Crippen LogP contribution >= 0.6 is 38.5 Å². The Hall–Kier alpha value is -0.160. The van der Waals surface area contributed by atoms with Crippen molar-refractivity contribution in [2.45, 2.75) is 0 Å². The lowest BCUT2D eigenvalue weighted by Crippen LogP contribution is -1.85. The first-order chi connectivity index (χ1) is 6.20. The van der Waals surface area contributed by atoms with Crippen molar-refractivity contribution in [1.29, 1.82) is 0 Å². The largest absolute Gasteiger partial charge is 0.206 e. The molecule has 0 spiro atoms. The zero-order valence-electron chi connectivity index (χ0n) is 6.52. The van der Waals surface area contributed by atoms with E-state index in [1.807, 2.05) is 46.9 Å². The number of hydrogen-bond acceptors (Lipinski definition) is 0. The summed E-state index contributed by atoms with van der Waals surface area (Å²) in [4.78, 5) is 0. The number of halogens is 3. The molecule has 2 rings (SSSR count). The molecule has 0 fully saturated rings. The third-order valence-electron chi connectivity index (χ3n) is 1.88. The number of benzene rings is 2. The van der Waals surface area contributed by atoms with Gasteiger partial charge in [-0.25, -0.2) is 4.39 Å². The van der Waals surface area contributed by atoms with Crippen LogP contribution in [0.1, 0.15) is 0 Å². The molecule has 0 aliphatic rings. The Morgan fingerprint density at radius 3 is 2.46 bits per heavy atom. The lowest BCUT2D eigenvalue weighted by molar-refractivity contribution is 0.622. The third kappa shape index (κ3) is 1.59. The van der Waals surface area contributed by atoms with Gasteiger partial charge in [0.25, 0.3) is 0 Å². The van der Waals surface area contributed by atoms with Crippen molar-refractivity contribution in [3.05, 3.63) is 44.2 Å². The highest BCUT2D eigenvalue weighted by molar-refractivity contribution is 14.1. The minimum absolute atomic E-state index is 0.175. The molecule has 13 heavy (non-hydrogen) atoms. The van der Waals surface area contributed by atoms with Gasteiger partial charge in [-0.15, -0.1) is 0 Å². The Morgan fingerprint density at radius 2 is 1.77 bits per heavy atom. The first-order valence-electron chi connectivity index (χ1n) is 3.72. The molecule has 0 saturated carbocycles. The minimum Gasteiger partial charge on any atom is -0.206 e. The predicted molar refractivity (Wildman–Crippen MR) is 64.3 cm³/mol. The highest BCUT2D eigenvalue weighted by Gasteiger charge is 2.07. The van der Waals surface area contributed by atoms with Crippen molar-refractivity contribution in [2.24, 2.45) is 0 Å². The summed E-state index contributed by atoms with van der Waals surface area (Å²) in [5, 5.41) is 2.00. The molecule has 66 valence electrons. The van der Waals surface area contributed by atoms with Gasteiger partial charge in [0.2, 0.25) is 0 Å². The van der Waals surface area contributed by atoms with E-state index in [0.717, 1.165) is 15.2 Å². The van der Waals surface area contributed by atoms with Crippen LogP contribution in [-0.2, 0) is 0 Å². The molecule has 0 aliphatic carbocycles. The Bertz CT molecular complexity index is 468. The van der Waals surface area contributed by atoms with Crippen molar-refractivity contribution < 1.29 is 4.39 Å². The van der Waals surface area contributed by atoms with Crippen molar-refractivity contribution in [3.63, 3.8) is 0 Å². The average molecular weight is 351 g/mol. The molecule has 0 aromatic heterocycles. The standard InChI is InChI=1S/C10H5BrFI/c11-8-5-9(12)10(13)7-4-2-1-3-6(7)8/h1-5H. The molecule has 0 atom stereocenters. The van der Waals surface area contributed by atoms with E-state index >= 15 is 0 Å². The maximum absolute atomic E-state index is 13.3. The topological polar surface area (TPSA) is 0 Å². The van der Waals surface area contributed by atoms with E-state index in [1.165, 1.54) is 6.07 Å². The zero-order chi connectivity index (χ0) is 9.42. The van der Waals surface area contributed by atoms with Gasteiger partial charge >= 0.3 is 0 Å². The van der Waals surface area contributed by atoms with Gasteiger partial charge in [0.15, 0.2) is 0 Å². The van der Waals surface area contributed by atoms with Crippen LogP contribution in [-0.4, -0.2) is 0 Å². The van der Waals surface area contributed by atoms with Gasteiger partial charge in [0.1, 0.15) is 5.82 Å². The summed E-state index contributed by atoms with van der Waals surface area (Å²) in [6, 6.07) is 9.26. The zero-order valence-corrected chi connectivity index (χ0v) is 10.3. The maximum Gasteiger partial charge on any atom is 0.138 e. The summed E-state index contributed by atoms with van der Waals surface area (Å²) >= 11 is 5.36. The molecule has 0 N–H and O–H groups in total. The molecule has 2 aromatic carbocycles. The monoisotopic (exact) mass is 350 g/mol. The SMILES string of the molecule is Fc1cc(Br)c2ccccc2c1I. The van der Waals surface area contributed by atoms with Crippen molar-refractivity contribution in [3.8, 4) is 0 Å².